The zero-order valence-corrected chi connectivity index (χ0v) is 19.2. The summed E-state index contributed by atoms with van der Waals surface area (Å²) < 4.78 is 0. The van der Waals surface area contributed by atoms with Crippen LogP contribution in [-0.2, 0) is 5.41 Å². The molecule has 0 aromatic heterocycles. The van der Waals surface area contributed by atoms with Gasteiger partial charge in [0.05, 0.1) is 0 Å². The van der Waals surface area contributed by atoms with Crippen molar-refractivity contribution in [3.8, 4) is 34.6 Å². The second-order valence-electron chi connectivity index (χ2n) is 9.15. The van der Waals surface area contributed by atoms with E-state index in [-0.39, 0.29) is 5.41 Å². The molecule has 0 aliphatic heterocycles. The van der Waals surface area contributed by atoms with Crippen LogP contribution in [0.1, 0.15) is 43.4 Å². The van der Waals surface area contributed by atoms with Gasteiger partial charge in [0.2, 0.25) is 0 Å². The van der Waals surface area contributed by atoms with Gasteiger partial charge in [-0.05, 0) is 92.0 Å². The minimum atomic E-state index is -0.00603. The van der Waals surface area contributed by atoms with Crippen molar-refractivity contribution in [2.24, 2.45) is 0 Å². The Morgan fingerprint density at radius 2 is 1.24 bits per heavy atom. The Kier molecular flexibility index (Phi) is 4.42. The van der Waals surface area contributed by atoms with Crippen molar-refractivity contribution in [1.82, 2.24) is 0 Å². The Bertz CT molecular complexity index is 1530. The summed E-state index contributed by atoms with van der Waals surface area (Å²) in [5.74, 6) is 2.85. The molecule has 5 aromatic carbocycles. The first-order valence-electron chi connectivity index (χ1n) is 11.9. The van der Waals surface area contributed by atoms with Gasteiger partial charge in [0.25, 0.3) is 0 Å². The third kappa shape index (κ3) is 2.73. The minimum absolute atomic E-state index is 0.00603. The highest BCUT2D eigenvalue weighted by atomic mass is 14.4. The van der Waals surface area contributed by atoms with E-state index >= 15 is 0 Å². The molecule has 158 valence electrons. The maximum atomic E-state index is 5.78. The molecule has 0 heterocycles. The van der Waals surface area contributed by atoms with Gasteiger partial charge in [0.1, 0.15) is 0 Å². The topological polar surface area (TPSA) is 0 Å². The third-order valence-electron chi connectivity index (χ3n) is 7.79. The molecule has 1 aliphatic carbocycles. The van der Waals surface area contributed by atoms with E-state index in [1.807, 2.05) is 0 Å². The highest BCUT2D eigenvalue weighted by Gasteiger charge is 2.40. The molecule has 6 rings (SSSR count). The maximum Gasteiger partial charge on any atom is 0.0246 e. The van der Waals surface area contributed by atoms with E-state index in [2.05, 4.69) is 111 Å². The molecule has 0 saturated carbocycles. The first-order valence-corrected chi connectivity index (χ1v) is 11.9. The van der Waals surface area contributed by atoms with Crippen molar-refractivity contribution >= 4 is 21.5 Å². The lowest BCUT2D eigenvalue weighted by atomic mass is 9.73. The Hall–Kier alpha value is -3.82. The molecular weight excluding hydrogens is 396 g/mol. The fraction of sp³-hybridized carbons (Fsp3) is 0.152. The van der Waals surface area contributed by atoms with Crippen LogP contribution in [0.25, 0.3) is 43.8 Å². The molecular formula is C33H26. The fourth-order valence-corrected chi connectivity index (χ4v) is 6.08. The monoisotopic (exact) mass is 422 g/mol. The lowest BCUT2D eigenvalue weighted by Crippen LogP contribution is -2.23. The number of rotatable bonds is 3. The maximum absolute atomic E-state index is 5.78. The number of hydrogen-bond donors (Lipinski definition) is 0. The smallest absolute Gasteiger partial charge is 0.0246 e. The minimum Gasteiger partial charge on any atom is -0.115 e. The van der Waals surface area contributed by atoms with Crippen molar-refractivity contribution in [3.63, 3.8) is 0 Å². The van der Waals surface area contributed by atoms with E-state index in [1.54, 1.807) is 0 Å². The van der Waals surface area contributed by atoms with Gasteiger partial charge in [-0.25, -0.2) is 0 Å². The molecule has 0 saturated heterocycles. The van der Waals surface area contributed by atoms with E-state index in [0.717, 1.165) is 18.4 Å². The van der Waals surface area contributed by atoms with Crippen LogP contribution in [0, 0.1) is 12.3 Å². The molecule has 0 N–H and O–H groups in total. The zero-order chi connectivity index (χ0) is 22.6. The summed E-state index contributed by atoms with van der Waals surface area (Å²) in [7, 11) is 0. The third-order valence-corrected chi connectivity index (χ3v) is 7.79. The molecule has 1 aliphatic rings. The van der Waals surface area contributed by atoms with Crippen LogP contribution in [0.2, 0.25) is 0 Å². The zero-order valence-electron chi connectivity index (χ0n) is 19.2. The van der Waals surface area contributed by atoms with Gasteiger partial charge in [-0.1, -0.05) is 86.5 Å². The van der Waals surface area contributed by atoms with Crippen molar-refractivity contribution in [2.75, 3.05) is 0 Å². The Labute approximate surface area is 195 Å². The van der Waals surface area contributed by atoms with Crippen LogP contribution in [0.4, 0.5) is 0 Å². The van der Waals surface area contributed by atoms with Crippen LogP contribution in [0.5, 0.6) is 0 Å². The average molecular weight is 423 g/mol. The Morgan fingerprint density at radius 3 is 1.85 bits per heavy atom. The highest BCUT2D eigenvalue weighted by Crippen LogP contribution is 2.54. The van der Waals surface area contributed by atoms with Gasteiger partial charge in [-0.15, -0.1) is 6.42 Å². The summed E-state index contributed by atoms with van der Waals surface area (Å²) in [6, 6.07) is 33.5. The molecule has 0 unspecified atom stereocenters. The summed E-state index contributed by atoms with van der Waals surface area (Å²) in [6.07, 6.45) is 7.88. The fourth-order valence-electron chi connectivity index (χ4n) is 6.08. The summed E-state index contributed by atoms with van der Waals surface area (Å²) in [4.78, 5) is 0. The second-order valence-corrected chi connectivity index (χ2v) is 9.15. The predicted octanol–water partition coefficient (Wildman–Crippen LogP) is 8.73. The Morgan fingerprint density at radius 1 is 0.667 bits per heavy atom. The van der Waals surface area contributed by atoms with E-state index in [1.165, 1.54) is 54.9 Å². The average Bonchev–Trinajstić information content (AvgIpc) is 3.15. The van der Waals surface area contributed by atoms with E-state index in [0.29, 0.717) is 0 Å². The van der Waals surface area contributed by atoms with Crippen LogP contribution in [-0.4, -0.2) is 0 Å². The molecule has 0 heteroatoms. The summed E-state index contributed by atoms with van der Waals surface area (Å²) in [5.41, 5.74) is 9.09. The molecule has 5 aromatic rings. The summed E-state index contributed by atoms with van der Waals surface area (Å²) in [5, 5.41) is 5.18. The summed E-state index contributed by atoms with van der Waals surface area (Å²) in [6.45, 7) is 4.62. The quantitative estimate of drug-likeness (QED) is 0.201. The first-order chi connectivity index (χ1) is 16.2. The van der Waals surface area contributed by atoms with Gasteiger partial charge in [0, 0.05) is 11.0 Å². The van der Waals surface area contributed by atoms with Gasteiger partial charge >= 0.3 is 0 Å². The molecule has 0 radical (unpaired) electrons. The SMILES string of the molecule is C#Cc1ccc2c(c1)C(CC)(CC)c1cc(-c3c4ccccc4cc4ccccc34)ccc1-2. The molecule has 0 spiro atoms. The second kappa shape index (κ2) is 7.36. The number of terminal acetylenes is 1. The molecule has 0 nitrogen and oxygen atoms in total. The standard InChI is InChI=1S/C33H26/c1-4-22-15-17-28-29-18-16-25(21-31(29)33(5-2,6-3)30(28)19-22)32-26-13-9-7-11-23(26)20-24-12-8-10-14-27(24)32/h1,7-21H,5-6H2,2-3H3. The largest absolute Gasteiger partial charge is 0.115 e. The van der Waals surface area contributed by atoms with Gasteiger partial charge < -0.3 is 0 Å². The van der Waals surface area contributed by atoms with Crippen molar-refractivity contribution in [3.05, 3.63) is 108 Å². The normalized spacial score (nSPS) is 13.6. The van der Waals surface area contributed by atoms with Crippen molar-refractivity contribution in [1.29, 1.82) is 0 Å². The first kappa shape index (κ1) is 19.8. The molecule has 0 amide bonds. The van der Waals surface area contributed by atoms with Crippen LogP contribution in [0.3, 0.4) is 0 Å². The van der Waals surface area contributed by atoms with Crippen molar-refractivity contribution < 1.29 is 0 Å². The van der Waals surface area contributed by atoms with Gasteiger partial charge in [-0.3, -0.25) is 0 Å². The lowest BCUT2D eigenvalue weighted by Gasteiger charge is -2.30. The van der Waals surface area contributed by atoms with Gasteiger partial charge in [-0.2, -0.15) is 0 Å². The number of hydrogen-bond acceptors (Lipinski definition) is 0. The van der Waals surface area contributed by atoms with Crippen LogP contribution in [0.15, 0.2) is 91.0 Å². The van der Waals surface area contributed by atoms with Gasteiger partial charge in [0.15, 0.2) is 0 Å². The molecule has 33 heavy (non-hydrogen) atoms. The lowest BCUT2D eigenvalue weighted by molar-refractivity contribution is 0.490. The van der Waals surface area contributed by atoms with E-state index < -0.39 is 0 Å². The van der Waals surface area contributed by atoms with Crippen LogP contribution >= 0.6 is 0 Å². The number of fused-ring (bicyclic) bond motifs is 5. The van der Waals surface area contributed by atoms with E-state index in [9.17, 15) is 0 Å². The molecule has 0 bridgehead atoms. The van der Waals surface area contributed by atoms with Crippen LogP contribution < -0.4 is 0 Å². The molecule has 0 fully saturated rings. The van der Waals surface area contributed by atoms with Crippen molar-refractivity contribution in [2.45, 2.75) is 32.1 Å². The molecule has 0 atom stereocenters. The van der Waals surface area contributed by atoms with E-state index in [4.69, 9.17) is 6.42 Å². The Balaban J connectivity index is 1.68. The number of benzene rings is 5. The summed E-state index contributed by atoms with van der Waals surface area (Å²) >= 11 is 0. The highest BCUT2D eigenvalue weighted by molar-refractivity contribution is 6.12. The predicted molar refractivity (Wildman–Crippen MR) is 142 cm³/mol.